The van der Waals surface area contributed by atoms with Crippen molar-refractivity contribution in [3.05, 3.63) is 0 Å². The zero-order chi connectivity index (χ0) is 12.7. The van der Waals surface area contributed by atoms with Crippen LogP contribution in [0.2, 0.25) is 0 Å². The quantitative estimate of drug-likeness (QED) is 0.650. The molecule has 0 aromatic rings. The monoisotopic (exact) mass is 280 g/mol. The Morgan fingerprint density at radius 1 is 1.53 bits per heavy atom. The summed E-state index contributed by atoms with van der Waals surface area (Å²) in [5.41, 5.74) is 0. The molecule has 5 nitrogen and oxygen atoms in total. The minimum absolute atomic E-state index is 0.00139. The van der Waals surface area contributed by atoms with Crippen LogP contribution in [-0.4, -0.2) is 57.0 Å². The Kier molecular flexibility index (Phi) is 6.29. The fourth-order valence-electron chi connectivity index (χ4n) is 1.61. The Bertz CT molecular complexity index is 337. The summed E-state index contributed by atoms with van der Waals surface area (Å²) in [5, 5.41) is 6.04. The number of carbonyl (C=O) groups excluding carboxylic acids is 1. The standard InChI is InChI=1S/C10H20N2O3S2/c1-17(14,15)6-2-3-12-10(13)7-9-8-16-5-4-11-9/h9,11H,2-8H2,1H3,(H,12,13). The molecule has 1 atom stereocenters. The van der Waals surface area contributed by atoms with Crippen LogP contribution in [-0.2, 0) is 14.6 Å². The van der Waals surface area contributed by atoms with Crippen LogP contribution in [0.4, 0.5) is 0 Å². The molecule has 1 fully saturated rings. The Hall–Kier alpha value is -0.270. The first-order valence-corrected chi connectivity index (χ1v) is 8.94. The lowest BCUT2D eigenvalue weighted by molar-refractivity contribution is -0.121. The van der Waals surface area contributed by atoms with Gasteiger partial charge in [0.1, 0.15) is 9.84 Å². The van der Waals surface area contributed by atoms with Crippen molar-refractivity contribution in [3.63, 3.8) is 0 Å². The van der Waals surface area contributed by atoms with Crippen molar-refractivity contribution in [1.29, 1.82) is 0 Å². The minimum Gasteiger partial charge on any atom is -0.356 e. The summed E-state index contributed by atoms with van der Waals surface area (Å²) in [6.45, 7) is 1.39. The van der Waals surface area contributed by atoms with Crippen LogP contribution >= 0.6 is 11.8 Å². The molecule has 1 rings (SSSR count). The van der Waals surface area contributed by atoms with E-state index in [1.807, 2.05) is 11.8 Å². The maximum Gasteiger partial charge on any atom is 0.221 e. The molecule has 7 heteroatoms. The van der Waals surface area contributed by atoms with Crippen molar-refractivity contribution in [3.8, 4) is 0 Å². The maximum absolute atomic E-state index is 11.5. The van der Waals surface area contributed by atoms with Crippen molar-refractivity contribution in [2.24, 2.45) is 0 Å². The van der Waals surface area contributed by atoms with Crippen molar-refractivity contribution < 1.29 is 13.2 Å². The summed E-state index contributed by atoms with van der Waals surface area (Å²) in [7, 11) is -2.92. The molecule has 2 N–H and O–H groups in total. The third-order valence-corrected chi connectivity index (χ3v) is 4.61. The minimum atomic E-state index is -2.92. The first-order valence-electron chi connectivity index (χ1n) is 5.73. The van der Waals surface area contributed by atoms with Crippen molar-refractivity contribution in [2.45, 2.75) is 18.9 Å². The highest BCUT2D eigenvalue weighted by atomic mass is 32.2. The summed E-state index contributed by atoms with van der Waals surface area (Å²) in [6.07, 6.45) is 2.17. The van der Waals surface area contributed by atoms with Gasteiger partial charge in [0.15, 0.2) is 0 Å². The van der Waals surface area contributed by atoms with Gasteiger partial charge in [-0.2, -0.15) is 11.8 Å². The second-order valence-electron chi connectivity index (χ2n) is 4.26. The van der Waals surface area contributed by atoms with Crippen molar-refractivity contribution in [1.82, 2.24) is 10.6 Å². The van der Waals surface area contributed by atoms with Gasteiger partial charge >= 0.3 is 0 Å². The maximum atomic E-state index is 11.5. The highest BCUT2D eigenvalue weighted by Gasteiger charge is 2.16. The fourth-order valence-corrected chi connectivity index (χ4v) is 3.23. The average Bonchev–Trinajstić information content (AvgIpc) is 2.25. The van der Waals surface area contributed by atoms with E-state index >= 15 is 0 Å². The molecule has 1 aliphatic heterocycles. The van der Waals surface area contributed by atoms with E-state index in [4.69, 9.17) is 0 Å². The molecule has 0 bridgehead atoms. The second-order valence-corrected chi connectivity index (χ2v) is 7.67. The Balaban J connectivity index is 2.08. The van der Waals surface area contributed by atoms with Crippen molar-refractivity contribution >= 4 is 27.5 Å². The number of rotatable bonds is 6. The van der Waals surface area contributed by atoms with Gasteiger partial charge in [0, 0.05) is 43.3 Å². The number of nitrogens with one attached hydrogen (secondary N) is 2. The highest BCUT2D eigenvalue weighted by Crippen LogP contribution is 2.09. The van der Waals surface area contributed by atoms with Gasteiger partial charge in [-0.3, -0.25) is 4.79 Å². The number of thioether (sulfide) groups is 1. The van der Waals surface area contributed by atoms with E-state index in [9.17, 15) is 13.2 Å². The van der Waals surface area contributed by atoms with Gasteiger partial charge in [0.2, 0.25) is 5.91 Å². The molecule has 0 aromatic carbocycles. The SMILES string of the molecule is CS(=O)(=O)CCCNC(=O)CC1CSCCN1. The molecule has 1 saturated heterocycles. The van der Waals surface area contributed by atoms with Gasteiger partial charge in [-0.1, -0.05) is 0 Å². The summed E-state index contributed by atoms with van der Waals surface area (Å²) < 4.78 is 21.7. The predicted octanol–water partition coefficient (Wildman–Crippen LogP) is -0.368. The second kappa shape index (κ2) is 7.23. The first kappa shape index (κ1) is 14.8. The lowest BCUT2D eigenvalue weighted by Crippen LogP contribution is -2.41. The number of carbonyl (C=O) groups is 1. The summed E-state index contributed by atoms with van der Waals surface area (Å²) in [6, 6.07) is 0.253. The molecule has 0 spiro atoms. The zero-order valence-electron chi connectivity index (χ0n) is 10.1. The van der Waals surface area contributed by atoms with Crippen LogP contribution in [0.1, 0.15) is 12.8 Å². The Morgan fingerprint density at radius 3 is 2.88 bits per heavy atom. The molecule has 0 saturated carbocycles. The number of amides is 1. The van der Waals surface area contributed by atoms with Gasteiger partial charge in [-0.05, 0) is 6.42 Å². The normalized spacial score (nSPS) is 21.1. The van der Waals surface area contributed by atoms with Crippen LogP contribution in [0.5, 0.6) is 0 Å². The lowest BCUT2D eigenvalue weighted by Gasteiger charge is -2.22. The molecule has 1 amide bonds. The highest BCUT2D eigenvalue weighted by molar-refractivity contribution is 7.99. The molecule has 0 radical (unpaired) electrons. The van der Waals surface area contributed by atoms with Gasteiger partial charge in [-0.15, -0.1) is 0 Å². The Labute approximate surface area is 107 Å². The molecule has 1 aliphatic rings. The van der Waals surface area contributed by atoms with Gasteiger partial charge in [0.05, 0.1) is 5.75 Å². The molecule has 100 valence electrons. The van der Waals surface area contributed by atoms with Gasteiger partial charge < -0.3 is 10.6 Å². The molecule has 17 heavy (non-hydrogen) atoms. The van der Waals surface area contributed by atoms with Crippen LogP contribution in [0.15, 0.2) is 0 Å². The van der Waals surface area contributed by atoms with E-state index in [0.717, 1.165) is 18.1 Å². The predicted molar refractivity (Wildman–Crippen MR) is 71.1 cm³/mol. The van der Waals surface area contributed by atoms with E-state index < -0.39 is 9.84 Å². The summed E-state index contributed by atoms with van der Waals surface area (Å²) >= 11 is 1.85. The third-order valence-electron chi connectivity index (χ3n) is 2.44. The smallest absolute Gasteiger partial charge is 0.221 e. The molecule has 0 aliphatic carbocycles. The lowest BCUT2D eigenvalue weighted by atomic mass is 10.2. The number of hydrogen-bond donors (Lipinski definition) is 2. The van der Waals surface area contributed by atoms with E-state index in [1.165, 1.54) is 6.26 Å². The summed E-state index contributed by atoms with van der Waals surface area (Å²) in [4.78, 5) is 11.5. The van der Waals surface area contributed by atoms with E-state index in [-0.39, 0.29) is 17.7 Å². The van der Waals surface area contributed by atoms with Crippen LogP contribution in [0, 0.1) is 0 Å². The van der Waals surface area contributed by atoms with Crippen LogP contribution in [0.25, 0.3) is 0 Å². The van der Waals surface area contributed by atoms with E-state index in [1.54, 1.807) is 0 Å². The molecule has 0 aromatic heterocycles. The van der Waals surface area contributed by atoms with Gasteiger partial charge in [-0.25, -0.2) is 8.42 Å². The fraction of sp³-hybridized carbons (Fsp3) is 0.900. The largest absolute Gasteiger partial charge is 0.356 e. The average molecular weight is 280 g/mol. The third kappa shape index (κ3) is 7.62. The Morgan fingerprint density at radius 2 is 2.29 bits per heavy atom. The molecule has 1 unspecified atom stereocenters. The van der Waals surface area contributed by atoms with E-state index in [0.29, 0.717) is 19.4 Å². The zero-order valence-corrected chi connectivity index (χ0v) is 11.7. The molecular weight excluding hydrogens is 260 g/mol. The topological polar surface area (TPSA) is 75.3 Å². The van der Waals surface area contributed by atoms with Crippen LogP contribution in [0.3, 0.4) is 0 Å². The van der Waals surface area contributed by atoms with E-state index in [2.05, 4.69) is 10.6 Å². The first-order chi connectivity index (χ1) is 7.97. The van der Waals surface area contributed by atoms with Crippen LogP contribution < -0.4 is 10.6 Å². The van der Waals surface area contributed by atoms with Gasteiger partial charge in [0.25, 0.3) is 0 Å². The molecule has 1 heterocycles. The van der Waals surface area contributed by atoms with Crippen molar-refractivity contribution in [2.75, 3.05) is 36.6 Å². The number of sulfone groups is 1. The number of hydrogen-bond acceptors (Lipinski definition) is 5. The summed E-state index contributed by atoms with van der Waals surface area (Å²) in [5.74, 6) is 2.20. The molecular formula is C10H20N2O3S2.